The van der Waals surface area contributed by atoms with E-state index < -0.39 is 11.2 Å². The van der Waals surface area contributed by atoms with Crippen LogP contribution >= 0.6 is 11.6 Å². The van der Waals surface area contributed by atoms with Gasteiger partial charge in [-0.25, -0.2) is 14.4 Å². The van der Waals surface area contributed by atoms with Crippen LogP contribution in [0.1, 0.15) is 34.8 Å². The molecule has 0 spiro atoms. The van der Waals surface area contributed by atoms with E-state index in [2.05, 4.69) is 9.97 Å². The molecule has 0 bridgehead atoms. The average molecular weight is 491 g/mol. The molecule has 0 atom stereocenters. The summed E-state index contributed by atoms with van der Waals surface area (Å²) in [7, 11) is 0. The van der Waals surface area contributed by atoms with Crippen molar-refractivity contribution in [3.05, 3.63) is 99.4 Å². The van der Waals surface area contributed by atoms with E-state index in [-0.39, 0.29) is 34.8 Å². The van der Waals surface area contributed by atoms with Crippen molar-refractivity contribution in [3.8, 4) is 22.9 Å². The predicted octanol–water partition coefficient (Wildman–Crippen LogP) is 5.23. The van der Waals surface area contributed by atoms with Gasteiger partial charge < -0.3 is 15.0 Å². The van der Waals surface area contributed by atoms with Crippen molar-refractivity contribution in [2.75, 3.05) is 5.73 Å². The van der Waals surface area contributed by atoms with Gasteiger partial charge in [-0.3, -0.25) is 9.59 Å². The number of benzene rings is 2. The van der Waals surface area contributed by atoms with Gasteiger partial charge in [0, 0.05) is 42.8 Å². The quantitative estimate of drug-likeness (QED) is 0.281. The fourth-order valence-electron chi connectivity index (χ4n) is 3.69. The van der Waals surface area contributed by atoms with Crippen LogP contribution in [0.15, 0.2) is 72.0 Å². The number of hydrogen-bond acceptors (Lipinski definition) is 6. The molecule has 176 valence electrons. The number of carbonyl (C=O) groups excluding carboxylic acids is 1. The van der Waals surface area contributed by atoms with Crippen LogP contribution in [-0.2, 0) is 6.42 Å². The normalized spacial score (nSPS) is 13.0. The van der Waals surface area contributed by atoms with Crippen LogP contribution in [0.4, 0.5) is 10.1 Å². The van der Waals surface area contributed by atoms with Crippen molar-refractivity contribution in [1.82, 2.24) is 14.5 Å². The number of ether oxygens (including phenoxy) is 1. The fourth-order valence-corrected chi connectivity index (χ4v) is 3.85. The zero-order valence-corrected chi connectivity index (χ0v) is 19.2. The van der Waals surface area contributed by atoms with E-state index in [0.29, 0.717) is 28.1 Å². The molecule has 2 heterocycles. The van der Waals surface area contributed by atoms with Gasteiger partial charge in [-0.1, -0.05) is 29.8 Å². The third kappa shape index (κ3) is 4.93. The minimum Gasteiger partial charge on any atom is -0.423 e. The third-order valence-electron chi connectivity index (χ3n) is 5.71. The van der Waals surface area contributed by atoms with Crippen LogP contribution in [0.2, 0.25) is 5.02 Å². The molecule has 0 saturated heterocycles. The van der Waals surface area contributed by atoms with Crippen molar-refractivity contribution >= 4 is 23.1 Å². The Morgan fingerprint density at radius 1 is 1.11 bits per heavy atom. The lowest BCUT2D eigenvalue weighted by Crippen LogP contribution is -2.21. The summed E-state index contributed by atoms with van der Waals surface area (Å²) in [4.78, 5) is 34.6. The highest BCUT2D eigenvalue weighted by Gasteiger charge is 2.26. The van der Waals surface area contributed by atoms with E-state index in [4.69, 9.17) is 22.1 Å². The molecule has 35 heavy (non-hydrogen) atoms. The minimum atomic E-state index is -0.395. The maximum absolute atomic E-state index is 13.4. The van der Waals surface area contributed by atoms with E-state index in [1.54, 1.807) is 30.6 Å². The maximum atomic E-state index is 13.4. The molecular weight excluding hydrogens is 471 g/mol. The molecule has 4 aromatic rings. The first-order valence-electron chi connectivity index (χ1n) is 11.0. The third-order valence-corrected chi connectivity index (χ3v) is 6.11. The smallest absolute Gasteiger partial charge is 0.321 e. The van der Waals surface area contributed by atoms with Crippen LogP contribution in [0.25, 0.3) is 11.1 Å². The van der Waals surface area contributed by atoms with E-state index in [1.165, 1.54) is 36.7 Å². The Hall–Kier alpha value is -4.04. The summed E-state index contributed by atoms with van der Waals surface area (Å²) in [6.45, 7) is 0. The largest absolute Gasteiger partial charge is 0.423 e. The standard InChI is InChI=1S/C26H20ClFN4O3/c27-24-21(29)2-1-3-23(24)35-26-30-11-15(12-31-26)10-22(33)20-14-32(18-8-9-18)13-19(25(20)34)16-4-6-17(28)7-5-16/h1-7,11-14,18H,8-10,29H2. The number of nitrogens with zero attached hydrogens (tertiary/aromatic N) is 3. The summed E-state index contributed by atoms with van der Waals surface area (Å²) in [5, 5.41) is 0.253. The number of halogens is 2. The second kappa shape index (κ2) is 9.31. The van der Waals surface area contributed by atoms with Gasteiger partial charge in [-0.15, -0.1) is 0 Å². The number of aromatic nitrogens is 3. The number of Topliss-reactive ketones (excluding diaryl/α,β-unsaturated/α-hetero) is 1. The van der Waals surface area contributed by atoms with Crippen LogP contribution in [0.5, 0.6) is 11.8 Å². The van der Waals surface area contributed by atoms with Gasteiger partial charge in [-0.2, -0.15) is 0 Å². The zero-order valence-electron chi connectivity index (χ0n) is 18.4. The molecule has 1 aliphatic carbocycles. The Labute approximate surface area is 205 Å². The van der Waals surface area contributed by atoms with Gasteiger partial charge in [0.1, 0.15) is 10.8 Å². The highest BCUT2D eigenvalue weighted by Crippen LogP contribution is 2.35. The lowest BCUT2D eigenvalue weighted by Gasteiger charge is -2.11. The van der Waals surface area contributed by atoms with Crippen LogP contribution < -0.4 is 15.9 Å². The first-order valence-corrected chi connectivity index (χ1v) is 11.3. The molecule has 2 aromatic heterocycles. The molecule has 2 aromatic carbocycles. The molecule has 0 radical (unpaired) electrons. The van der Waals surface area contributed by atoms with Crippen molar-refractivity contribution in [3.63, 3.8) is 0 Å². The Morgan fingerprint density at radius 3 is 2.51 bits per heavy atom. The number of hydrogen-bond donors (Lipinski definition) is 1. The molecule has 0 unspecified atom stereocenters. The number of rotatable bonds is 7. The minimum absolute atomic E-state index is 0.0445. The summed E-state index contributed by atoms with van der Waals surface area (Å²) in [6, 6.07) is 10.9. The Balaban J connectivity index is 1.39. The molecule has 1 fully saturated rings. The van der Waals surface area contributed by atoms with Crippen molar-refractivity contribution in [2.24, 2.45) is 0 Å². The number of anilines is 1. The van der Waals surface area contributed by atoms with E-state index in [1.807, 2.05) is 4.57 Å². The molecule has 5 rings (SSSR count). The topological polar surface area (TPSA) is 100 Å². The van der Waals surface area contributed by atoms with Gasteiger partial charge in [0.25, 0.3) is 0 Å². The molecular formula is C26H20ClFN4O3. The second-order valence-electron chi connectivity index (χ2n) is 8.34. The SMILES string of the molecule is Nc1cccc(Oc2ncc(CC(=O)c3cn(C4CC4)cc(-c4ccc(F)cc4)c3=O)cn2)c1Cl. The molecule has 7 nitrogen and oxygen atoms in total. The van der Waals surface area contributed by atoms with Crippen molar-refractivity contribution < 1.29 is 13.9 Å². The molecule has 1 saturated carbocycles. The van der Waals surface area contributed by atoms with E-state index in [0.717, 1.165) is 12.8 Å². The van der Waals surface area contributed by atoms with Gasteiger partial charge in [0.2, 0.25) is 0 Å². The first kappa shape index (κ1) is 22.7. The molecule has 0 aliphatic heterocycles. The lowest BCUT2D eigenvalue weighted by molar-refractivity contribution is 0.0991. The van der Waals surface area contributed by atoms with Crippen LogP contribution in [-0.4, -0.2) is 20.3 Å². The Kier molecular flexibility index (Phi) is 6.05. The number of ketones is 1. The highest BCUT2D eigenvalue weighted by atomic mass is 35.5. The molecule has 1 aliphatic rings. The Bertz CT molecular complexity index is 1470. The van der Waals surface area contributed by atoms with Crippen molar-refractivity contribution in [2.45, 2.75) is 25.3 Å². The number of carbonyl (C=O) groups is 1. The fraction of sp³-hybridized carbons (Fsp3) is 0.154. The zero-order chi connectivity index (χ0) is 24.5. The van der Waals surface area contributed by atoms with Crippen molar-refractivity contribution in [1.29, 1.82) is 0 Å². The number of nitrogen functional groups attached to an aromatic ring is 1. The summed E-state index contributed by atoms with van der Waals surface area (Å²) < 4.78 is 20.9. The van der Waals surface area contributed by atoms with Gasteiger partial charge in [0.05, 0.1) is 11.3 Å². The molecule has 2 N–H and O–H groups in total. The second-order valence-corrected chi connectivity index (χ2v) is 8.71. The van der Waals surface area contributed by atoms with Gasteiger partial charge >= 0.3 is 6.01 Å². The lowest BCUT2D eigenvalue weighted by atomic mass is 10.0. The maximum Gasteiger partial charge on any atom is 0.321 e. The highest BCUT2D eigenvalue weighted by molar-refractivity contribution is 6.34. The monoisotopic (exact) mass is 490 g/mol. The summed E-state index contributed by atoms with van der Waals surface area (Å²) in [5.74, 6) is -0.438. The summed E-state index contributed by atoms with van der Waals surface area (Å²) >= 11 is 6.13. The number of nitrogens with two attached hydrogens (primary N) is 1. The van der Waals surface area contributed by atoms with Crippen LogP contribution in [0.3, 0.4) is 0 Å². The average Bonchev–Trinajstić information content (AvgIpc) is 3.70. The summed E-state index contributed by atoms with van der Waals surface area (Å²) in [5.41, 5.74) is 7.26. The molecule has 9 heteroatoms. The van der Waals surface area contributed by atoms with E-state index in [9.17, 15) is 14.0 Å². The van der Waals surface area contributed by atoms with E-state index >= 15 is 0 Å². The summed E-state index contributed by atoms with van der Waals surface area (Å²) in [6.07, 6.45) is 8.16. The van der Waals surface area contributed by atoms with Gasteiger partial charge in [0.15, 0.2) is 17.0 Å². The van der Waals surface area contributed by atoms with Gasteiger partial charge in [-0.05, 0) is 48.2 Å². The Morgan fingerprint density at radius 2 is 1.83 bits per heavy atom. The number of pyridine rings is 1. The first-order chi connectivity index (χ1) is 16.9. The predicted molar refractivity (Wildman–Crippen MR) is 130 cm³/mol. The molecule has 0 amide bonds. The van der Waals surface area contributed by atoms with Crippen LogP contribution in [0, 0.1) is 5.82 Å².